The highest BCUT2D eigenvalue weighted by Gasteiger charge is 2.48. The van der Waals surface area contributed by atoms with E-state index in [1.54, 1.807) is 23.6 Å². The number of ketones is 1. The van der Waals surface area contributed by atoms with E-state index >= 15 is 17.6 Å². The summed E-state index contributed by atoms with van der Waals surface area (Å²) >= 11 is 1.37. The van der Waals surface area contributed by atoms with Crippen LogP contribution in [0.2, 0.25) is 0 Å². The Morgan fingerprint density at radius 2 is 1.77 bits per heavy atom. The fourth-order valence-electron chi connectivity index (χ4n) is 7.32. The molecule has 1 spiro atoms. The number of Topliss-reactive ketones (excluding diaryl/α,β-unsaturated/α-hetero) is 1. The van der Waals surface area contributed by atoms with Crippen molar-refractivity contribution in [2.24, 2.45) is 5.41 Å². The summed E-state index contributed by atoms with van der Waals surface area (Å²) in [7, 11) is 0. The molecule has 1 saturated heterocycles. The maximum Gasteiger partial charge on any atom is 0.417 e. The van der Waals surface area contributed by atoms with Gasteiger partial charge in [-0.1, -0.05) is 17.9 Å². The average molecular weight is 692 g/mol. The summed E-state index contributed by atoms with van der Waals surface area (Å²) in [4.78, 5) is 59.9. The second kappa shape index (κ2) is 10.7. The summed E-state index contributed by atoms with van der Waals surface area (Å²) in [5, 5.41) is -0.0219. The van der Waals surface area contributed by atoms with Crippen LogP contribution in [0.1, 0.15) is 32.3 Å². The fourth-order valence-corrected chi connectivity index (χ4v) is 9.53. The molecule has 47 heavy (non-hydrogen) atoms. The number of carbonyl (C=O) groups excluding carboxylic acids is 2. The molecule has 4 aromatic rings. The summed E-state index contributed by atoms with van der Waals surface area (Å²) in [5.41, 5.74) is -4.41. The third kappa shape index (κ3) is 4.90. The smallest absolute Gasteiger partial charge is 0.352 e. The van der Waals surface area contributed by atoms with E-state index in [-0.39, 0.29) is 76.2 Å². The molecule has 1 saturated carbocycles. The number of rotatable bonds is 3. The molecule has 1 amide bonds. The van der Waals surface area contributed by atoms with E-state index in [9.17, 15) is 23.6 Å². The molecule has 2 fully saturated rings. The number of anilines is 1. The summed E-state index contributed by atoms with van der Waals surface area (Å²) in [6.45, 7) is 7.36. The van der Waals surface area contributed by atoms with E-state index < -0.39 is 68.1 Å². The van der Waals surface area contributed by atoms with Crippen molar-refractivity contribution in [1.82, 2.24) is 19.4 Å². The standard InChI is InChI=1S/C31H26F5N5O4S2/c1-4-20(43)41-13(2)9-39(10-14(41)3)27-16-5-17(31(34,35)36)21(22-18(32)6-19(33)25-23(22)37-29(45)47-25)26-24(16)40(28(44)38-27)11-30(12-46-26)7-15(42)8-30/h4-6,13-14H,1,7-12H2,2-3H3,(H,37,45)/t13-,14+. The first-order chi connectivity index (χ1) is 22.1. The Morgan fingerprint density at radius 3 is 2.38 bits per heavy atom. The summed E-state index contributed by atoms with van der Waals surface area (Å²) in [6.07, 6.45) is -3.69. The van der Waals surface area contributed by atoms with Crippen molar-refractivity contribution in [2.75, 3.05) is 23.7 Å². The molecule has 1 N–H and O–H groups in total. The van der Waals surface area contributed by atoms with Crippen LogP contribution < -0.4 is 15.5 Å². The summed E-state index contributed by atoms with van der Waals surface area (Å²) in [5.74, 6) is -2.69. The minimum atomic E-state index is -5.08. The third-order valence-corrected chi connectivity index (χ3v) is 11.5. The quantitative estimate of drug-likeness (QED) is 0.229. The highest BCUT2D eigenvalue weighted by molar-refractivity contribution is 7.99. The van der Waals surface area contributed by atoms with Crippen LogP contribution >= 0.6 is 23.1 Å². The number of carbonyl (C=O) groups is 2. The predicted molar refractivity (Wildman–Crippen MR) is 168 cm³/mol. The molecule has 0 bridgehead atoms. The SMILES string of the molecule is C=CC(=O)N1[C@H](C)CN(c2nc(=O)n3c4c(c(-c5c(F)cc(F)c6sc(=O)[nH]c56)c(C(F)(F)F)cc24)SCC2(CC(=O)C2)C3)C[C@@H]1C. The lowest BCUT2D eigenvalue weighted by molar-refractivity contribution is -0.137. The molecule has 2 atom stereocenters. The van der Waals surface area contributed by atoms with Crippen LogP contribution in [-0.4, -0.2) is 62.1 Å². The van der Waals surface area contributed by atoms with E-state index in [4.69, 9.17) is 0 Å². The number of nitrogens with zero attached hydrogens (tertiary/aromatic N) is 4. The van der Waals surface area contributed by atoms with Gasteiger partial charge in [0.05, 0.1) is 21.3 Å². The number of aromatic nitrogens is 3. The minimum absolute atomic E-state index is 0.00280. The Bertz CT molecular complexity index is 2150. The molecular formula is C31H26F5N5O4S2. The first kappa shape index (κ1) is 31.5. The van der Waals surface area contributed by atoms with E-state index in [0.717, 1.165) is 17.8 Å². The molecule has 2 aromatic carbocycles. The first-order valence-electron chi connectivity index (χ1n) is 14.7. The number of H-pyrrole nitrogens is 1. The molecule has 0 radical (unpaired) electrons. The van der Waals surface area contributed by atoms with Gasteiger partial charge >= 0.3 is 16.7 Å². The van der Waals surface area contributed by atoms with Crippen molar-refractivity contribution in [3.8, 4) is 11.1 Å². The molecular weight excluding hydrogens is 665 g/mol. The Labute approximate surface area is 271 Å². The summed E-state index contributed by atoms with van der Waals surface area (Å²) < 4.78 is 77.1. The van der Waals surface area contributed by atoms with Crippen LogP contribution in [0.3, 0.4) is 0 Å². The van der Waals surface area contributed by atoms with E-state index in [1.165, 1.54) is 10.6 Å². The second-order valence-electron chi connectivity index (χ2n) is 12.5. The Morgan fingerprint density at radius 1 is 1.09 bits per heavy atom. The number of nitrogens with one attached hydrogen (secondary N) is 1. The number of alkyl halides is 3. The maximum atomic E-state index is 15.8. The van der Waals surface area contributed by atoms with E-state index in [1.807, 2.05) is 0 Å². The van der Waals surface area contributed by atoms with Crippen molar-refractivity contribution in [3.63, 3.8) is 0 Å². The third-order valence-electron chi connectivity index (χ3n) is 9.17. The van der Waals surface area contributed by atoms with Crippen LogP contribution in [0.25, 0.3) is 32.2 Å². The number of thioether (sulfide) groups is 1. The zero-order chi connectivity index (χ0) is 33.7. The topological polar surface area (TPSA) is 108 Å². The Kier molecular flexibility index (Phi) is 7.20. The van der Waals surface area contributed by atoms with Gasteiger partial charge in [0.1, 0.15) is 23.2 Å². The minimum Gasteiger partial charge on any atom is -0.352 e. The monoisotopic (exact) mass is 691 g/mol. The molecule has 3 aliphatic rings. The van der Waals surface area contributed by atoms with Gasteiger partial charge in [-0.05, 0) is 26.0 Å². The lowest BCUT2D eigenvalue weighted by Crippen LogP contribution is -2.58. The van der Waals surface area contributed by atoms with Crippen molar-refractivity contribution >= 4 is 61.7 Å². The van der Waals surface area contributed by atoms with Gasteiger partial charge in [-0.2, -0.15) is 18.2 Å². The molecule has 2 aliphatic heterocycles. The van der Waals surface area contributed by atoms with E-state index in [0.29, 0.717) is 17.4 Å². The van der Waals surface area contributed by atoms with Crippen LogP contribution in [-0.2, 0) is 22.3 Å². The highest BCUT2D eigenvalue weighted by atomic mass is 32.2. The van der Waals surface area contributed by atoms with Gasteiger partial charge in [-0.25, -0.2) is 13.6 Å². The molecule has 1 aliphatic carbocycles. The number of halogens is 5. The average Bonchev–Trinajstić information content (AvgIpc) is 3.27. The van der Waals surface area contributed by atoms with Gasteiger partial charge in [-0.15, -0.1) is 11.8 Å². The fraction of sp³-hybridized carbons (Fsp3) is 0.387. The van der Waals surface area contributed by atoms with E-state index in [2.05, 4.69) is 16.5 Å². The van der Waals surface area contributed by atoms with Crippen LogP contribution in [0.5, 0.6) is 0 Å². The number of thiazole rings is 1. The molecule has 246 valence electrons. The molecule has 7 rings (SSSR count). The van der Waals surface area contributed by atoms with Gasteiger partial charge in [-0.3, -0.25) is 19.0 Å². The van der Waals surface area contributed by atoms with Crippen molar-refractivity contribution in [2.45, 2.75) is 56.4 Å². The molecule has 2 aromatic heterocycles. The van der Waals surface area contributed by atoms with Crippen LogP contribution in [0.4, 0.5) is 27.8 Å². The zero-order valence-electron chi connectivity index (χ0n) is 25.0. The van der Waals surface area contributed by atoms with Gasteiger partial charge in [0.15, 0.2) is 0 Å². The molecule has 0 unspecified atom stereocenters. The molecule has 9 nitrogen and oxygen atoms in total. The maximum absolute atomic E-state index is 15.8. The number of hydrogen-bond acceptors (Lipinski definition) is 8. The largest absolute Gasteiger partial charge is 0.417 e. The van der Waals surface area contributed by atoms with Crippen LogP contribution in [0.15, 0.2) is 39.3 Å². The Balaban J connectivity index is 1.57. The van der Waals surface area contributed by atoms with Gasteiger partial charge in [0.25, 0.3) is 0 Å². The number of hydrogen-bond donors (Lipinski definition) is 1. The normalized spacial score (nSPS) is 21.0. The Hall–Kier alpha value is -4.05. The number of piperazine rings is 1. The number of fused-ring (bicyclic) bond motifs is 1. The van der Waals surface area contributed by atoms with Gasteiger partial charge < -0.3 is 14.8 Å². The van der Waals surface area contributed by atoms with Gasteiger partial charge in [0, 0.05) is 83.2 Å². The first-order valence-corrected chi connectivity index (χ1v) is 16.5. The summed E-state index contributed by atoms with van der Waals surface area (Å²) in [6, 6.07) is 0.433. The predicted octanol–water partition coefficient (Wildman–Crippen LogP) is 5.33. The van der Waals surface area contributed by atoms with Crippen molar-refractivity contribution < 1.29 is 31.5 Å². The highest BCUT2D eigenvalue weighted by Crippen LogP contribution is 2.54. The number of amides is 1. The van der Waals surface area contributed by atoms with Crippen molar-refractivity contribution in [1.29, 1.82) is 0 Å². The number of benzene rings is 2. The lowest BCUT2D eigenvalue weighted by atomic mass is 9.69. The zero-order valence-corrected chi connectivity index (χ0v) is 26.6. The van der Waals surface area contributed by atoms with Crippen LogP contribution in [0, 0.1) is 17.0 Å². The van der Waals surface area contributed by atoms with Gasteiger partial charge in [0.2, 0.25) is 5.91 Å². The van der Waals surface area contributed by atoms with Crippen molar-refractivity contribution in [3.05, 3.63) is 62.1 Å². The number of aromatic amines is 1. The lowest BCUT2D eigenvalue weighted by Gasteiger charge is -2.44. The molecule has 4 heterocycles. The second-order valence-corrected chi connectivity index (χ2v) is 14.5. The molecule has 16 heteroatoms.